The molecular formula is C21H18ClN3O3S. The first-order valence-corrected chi connectivity index (χ1v) is 10.2. The van der Waals surface area contributed by atoms with Gasteiger partial charge in [0.1, 0.15) is 10.7 Å². The molecule has 0 spiro atoms. The van der Waals surface area contributed by atoms with Gasteiger partial charge in [-0.3, -0.25) is 9.59 Å². The zero-order valence-corrected chi connectivity index (χ0v) is 17.2. The number of ether oxygens (including phenoxy) is 1. The van der Waals surface area contributed by atoms with E-state index in [-0.39, 0.29) is 18.0 Å². The Hall–Kier alpha value is -2.74. The minimum Gasteiger partial charge on any atom is -0.383 e. The summed E-state index contributed by atoms with van der Waals surface area (Å²) in [7, 11) is 1.57. The van der Waals surface area contributed by atoms with Crippen LogP contribution in [-0.2, 0) is 11.3 Å². The van der Waals surface area contributed by atoms with Crippen molar-refractivity contribution in [2.24, 2.45) is 0 Å². The molecule has 0 saturated heterocycles. The number of carbonyl (C=O) groups excluding carboxylic acids is 1. The standard InChI is InChI=1S/C21H18ClN3O3S/c1-28-11-10-25(12-17-23-15-8-4-2-6-13(15)20(26)24-17)21(27)19-18(22)14-7-3-5-9-16(14)29-19/h2-9H,10-12H2,1H3,(H,23,24,26). The van der Waals surface area contributed by atoms with Crippen LogP contribution in [0.3, 0.4) is 0 Å². The molecule has 0 atom stereocenters. The molecule has 0 saturated carbocycles. The van der Waals surface area contributed by atoms with Crippen LogP contribution in [0.5, 0.6) is 0 Å². The van der Waals surface area contributed by atoms with Gasteiger partial charge in [-0.05, 0) is 18.2 Å². The van der Waals surface area contributed by atoms with Crippen molar-refractivity contribution in [3.63, 3.8) is 0 Å². The van der Waals surface area contributed by atoms with Crippen molar-refractivity contribution in [3.05, 3.63) is 74.6 Å². The van der Waals surface area contributed by atoms with Crippen molar-refractivity contribution < 1.29 is 9.53 Å². The molecular weight excluding hydrogens is 410 g/mol. The second-order valence-corrected chi connectivity index (χ2v) is 7.92. The molecule has 6 nitrogen and oxygen atoms in total. The number of methoxy groups -OCH3 is 1. The smallest absolute Gasteiger partial charge is 0.265 e. The molecule has 4 rings (SSSR count). The number of rotatable bonds is 6. The Labute approximate surface area is 175 Å². The number of para-hydroxylation sites is 1. The maximum atomic E-state index is 13.3. The molecule has 0 aliphatic heterocycles. The van der Waals surface area contributed by atoms with Crippen LogP contribution in [0, 0.1) is 0 Å². The summed E-state index contributed by atoms with van der Waals surface area (Å²) in [5, 5.41) is 1.81. The molecule has 2 aromatic heterocycles. The highest BCUT2D eigenvalue weighted by Crippen LogP contribution is 2.36. The van der Waals surface area contributed by atoms with Crippen LogP contribution < -0.4 is 5.56 Å². The molecule has 148 valence electrons. The van der Waals surface area contributed by atoms with E-state index in [1.54, 1.807) is 30.2 Å². The number of H-pyrrole nitrogens is 1. The highest BCUT2D eigenvalue weighted by Gasteiger charge is 2.23. The third kappa shape index (κ3) is 3.89. The summed E-state index contributed by atoms with van der Waals surface area (Å²) in [6, 6.07) is 14.7. The number of benzene rings is 2. The van der Waals surface area contributed by atoms with Crippen molar-refractivity contribution >= 4 is 49.8 Å². The van der Waals surface area contributed by atoms with Crippen molar-refractivity contribution in [1.82, 2.24) is 14.9 Å². The van der Waals surface area contributed by atoms with Crippen LogP contribution in [0.4, 0.5) is 0 Å². The monoisotopic (exact) mass is 427 g/mol. The zero-order chi connectivity index (χ0) is 20.4. The molecule has 2 heterocycles. The molecule has 1 amide bonds. The lowest BCUT2D eigenvalue weighted by atomic mass is 10.2. The summed E-state index contributed by atoms with van der Waals surface area (Å²) in [5.41, 5.74) is 0.356. The van der Waals surface area contributed by atoms with E-state index in [4.69, 9.17) is 16.3 Å². The Kier molecular flexibility index (Phi) is 5.62. The SMILES string of the molecule is COCCN(Cc1nc2ccccc2c(=O)[nH]1)C(=O)c1sc2ccccc2c1Cl. The Morgan fingerprint density at radius 3 is 2.66 bits per heavy atom. The first-order valence-electron chi connectivity index (χ1n) is 9.01. The number of nitrogens with one attached hydrogen (secondary N) is 1. The number of hydrogen-bond donors (Lipinski definition) is 1. The normalized spacial score (nSPS) is 11.2. The zero-order valence-electron chi connectivity index (χ0n) is 15.6. The molecule has 0 fully saturated rings. The van der Waals surface area contributed by atoms with Crippen LogP contribution >= 0.6 is 22.9 Å². The number of thiophene rings is 1. The van der Waals surface area contributed by atoms with E-state index in [1.165, 1.54) is 11.3 Å². The first-order chi connectivity index (χ1) is 14.1. The molecule has 1 N–H and O–H groups in total. The lowest BCUT2D eigenvalue weighted by Crippen LogP contribution is -2.34. The lowest BCUT2D eigenvalue weighted by molar-refractivity contribution is 0.0680. The predicted molar refractivity (Wildman–Crippen MR) is 116 cm³/mol. The average molecular weight is 428 g/mol. The second kappa shape index (κ2) is 8.32. The third-order valence-electron chi connectivity index (χ3n) is 4.58. The maximum absolute atomic E-state index is 13.3. The number of aromatic nitrogens is 2. The molecule has 4 aromatic rings. The van der Waals surface area contributed by atoms with Crippen LogP contribution in [0.25, 0.3) is 21.0 Å². The van der Waals surface area contributed by atoms with Gasteiger partial charge in [-0.15, -0.1) is 11.3 Å². The van der Waals surface area contributed by atoms with Gasteiger partial charge in [-0.2, -0.15) is 0 Å². The summed E-state index contributed by atoms with van der Waals surface area (Å²) in [4.78, 5) is 35.0. The Morgan fingerprint density at radius 1 is 1.17 bits per heavy atom. The van der Waals surface area contributed by atoms with E-state index in [1.807, 2.05) is 30.3 Å². The topological polar surface area (TPSA) is 75.3 Å². The molecule has 0 bridgehead atoms. The van der Waals surface area contributed by atoms with Crippen molar-refractivity contribution in [2.45, 2.75) is 6.54 Å². The second-order valence-electron chi connectivity index (χ2n) is 6.49. The Morgan fingerprint density at radius 2 is 1.90 bits per heavy atom. The number of nitrogens with zero attached hydrogens (tertiary/aromatic N) is 2. The predicted octanol–water partition coefficient (Wildman–Crippen LogP) is 4.08. The quantitative estimate of drug-likeness (QED) is 0.503. The minimum absolute atomic E-state index is 0.146. The van der Waals surface area contributed by atoms with E-state index < -0.39 is 0 Å². The average Bonchev–Trinajstić information content (AvgIpc) is 3.07. The van der Waals surface area contributed by atoms with Crippen molar-refractivity contribution in [2.75, 3.05) is 20.3 Å². The van der Waals surface area contributed by atoms with Gasteiger partial charge in [0, 0.05) is 23.7 Å². The van der Waals surface area contributed by atoms with Gasteiger partial charge in [0.05, 0.1) is 29.1 Å². The maximum Gasteiger partial charge on any atom is 0.265 e. The molecule has 0 aliphatic carbocycles. The number of hydrogen-bond acceptors (Lipinski definition) is 5. The van der Waals surface area contributed by atoms with E-state index in [0.29, 0.717) is 39.8 Å². The molecule has 29 heavy (non-hydrogen) atoms. The molecule has 2 aromatic carbocycles. The number of fused-ring (bicyclic) bond motifs is 2. The van der Waals surface area contributed by atoms with Crippen LogP contribution in [-0.4, -0.2) is 41.0 Å². The number of aromatic amines is 1. The van der Waals surface area contributed by atoms with Crippen molar-refractivity contribution in [1.29, 1.82) is 0 Å². The summed E-state index contributed by atoms with van der Waals surface area (Å²) in [6.45, 7) is 0.843. The molecule has 0 aliphatic rings. The van der Waals surface area contributed by atoms with E-state index in [0.717, 1.165) is 10.1 Å². The van der Waals surface area contributed by atoms with Gasteiger partial charge in [-0.1, -0.05) is 41.9 Å². The summed E-state index contributed by atoms with van der Waals surface area (Å²) >= 11 is 7.85. The van der Waals surface area contributed by atoms with Gasteiger partial charge in [-0.25, -0.2) is 4.98 Å². The largest absolute Gasteiger partial charge is 0.383 e. The fourth-order valence-corrected chi connectivity index (χ4v) is 4.62. The van der Waals surface area contributed by atoms with Crippen LogP contribution in [0.2, 0.25) is 5.02 Å². The van der Waals surface area contributed by atoms with E-state index in [9.17, 15) is 9.59 Å². The van der Waals surface area contributed by atoms with E-state index in [2.05, 4.69) is 9.97 Å². The van der Waals surface area contributed by atoms with E-state index >= 15 is 0 Å². The fraction of sp³-hybridized carbons (Fsp3) is 0.190. The van der Waals surface area contributed by atoms with Gasteiger partial charge >= 0.3 is 0 Å². The van der Waals surface area contributed by atoms with Gasteiger partial charge in [0.15, 0.2) is 0 Å². The van der Waals surface area contributed by atoms with Gasteiger partial charge in [0.2, 0.25) is 0 Å². The highest BCUT2D eigenvalue weighted by molar-refractivity contribution is 7.21. The Bertz CT molecular complexity index is 1250. The van der Waals surface area contributed by atoms with Crippen LogP contribution in [0.15, 0.2) is 53.3 Å². The fourth-order valence-electron chi connectivity index (χ4n) is 3.14. The minimum atomic E-state index is -0.232. The lowest BCUT2D eigenvalue weighted by Gasteiger charge is -2.21. The summed E-state index contributed by atoms with van der Waals surface area (Å²) in [6.07, 6.45) is 0. The molecule has 8 heteroatoms. The van der Waals surface area contributed by atoms with Gasteiger partial charge < -0.3 is 14.6 Å². The first kappa shape index (κ1) is 19.6. The van der Waals surface area contributed by atoms with Crippen molar-refractivity contribution in [3.8, 4) is 0 Å². The number of halogens is 1. The number of amides is 1. The number of carbonyl (C=O) groups is 1. The summed E-state index contributed by atoms with van der Waals surface area (Å²) < 4.78 is 6.11. The molecule has 0 unspecified atom stereocenters. The Balaban J connectivity index is 1.69. The van der Waals surface area contributed by atoms with Gasteiger partial charge in [0.25, 0.3) is 11.5 Å². The third-order valence-corrected chi connectivity index (χ3v) is 6.25. The van der Waals surface area contributed by atoms with Crippen LogP contribution in [0.1, 0.15) is 15.5 Å². The molecule has 0 radical (unpaired) electrons. The highest BCUT2D eigenvalue weighted by atomic mass is 35.5. The summed E-state index contributed by atoms with van der Waals surface area (Å²) in [5.74, 6) is 0.194.